The Balaban J connectivity index is 0.000000720. The van der Waals surface area contributed by atoms with Crippen LogP contribution in [-0.4, -0.2) is 19.8 Å². The number of fused-ring (bicyclic) bond motifs is 1. The van der Waals surface area contributed by atoms with E-state index in [2.05, 4.69) is 15.3 Å². The molecule has 0 fully saturated rings. The summed E-state index contributed by atoms with van der Waals surface area (Å²) in [4.78, 5) is 0. The van der Waals surface area contributed by atoms with Crippen molar-refractivity contribution in [3.05, 3.63) is 18.1 Å². The Hall–Kier alpha value is -1.69. The fourth-order valence-corrected chi connectivity index (χ4v) is 0.918. The van der Waals surface area contributed by atoms with Crippen molar-refractivity contribution in [3.63, 3.8) is 0 Å². The highest BCUT2D eigenvalue weighted by Crippen LogP contribution is 2.10. The van der Waals surface area contributed by atoms with E-state index in [0.717, 1.165) is 0 Å². The number of hydrogen-bond donors (Lipinski definition) is 1. The van der Waals surface area contributed by atoms with Gasteiger partial charge in [-0.3, -0.25) is 0 Å². The van der Waals surface area contributed by atoms with Crippen molar-refractivity contribution in [2.75, 3.05) is 0 Å². The van der Waals surface area contributed by atoms with Crippen molar-refractivity contribution in [1.29, 1.82) is 0 Å². The van der Waals surface area contributed by atoms with Gasteiger partial charge in [0, 0.05) is 0 Å². The molecular formula is C6H9N5O. The van der Waals surface area contributed by atoms with Crippen LogP contribution >= 0.6 is 0 Å². The molecule has 6 nitrogen and oxygen atoms in total. The number of aryl methyl sites for hydroxylation is 1. The molecule has 0 amide bonds. The molecule has 0 aliphatic rings. The molecule has 0 saturated heterocycles. The molecular weight excluding hydrogens is 158 g/mol. The van der Waals surface area contributed by atoms with Gasteiger partial charge in [-0.1, -0.05) is 5.75 Å². The molecule has 0 radical (unpaired) electrons. The van der Waals surface area contributed by atoms with Gasteiger partial charge >= 0.3 is 0 Å². The molecule has 6 heteroatoms. The molecule has 0 atom stereocenters. The Morgan fingerprint density at radius 2 is 2.25 bits per heavy atom. The van der Waals surface area contributed by atoms with Crippen molar-refractivity contribution >= 4 is 5.65 Å². The van der Waals surface area contributed by atoms with Crippen molar-refractivity contribution in [2.24, 2.45) is 0 Å². The zero-order valence-electron chi connectivity index (χ0n) is 6.85. The summed E-state index contributed by atoms with van der Waals surface area (Å²) in [6.07, 6.45) is 1.41. The molecule has 2 aromatic heterocycles. The van der Waals surface area contributed by atoms with E-state index in [9.17, 15) is 5.11 Å². The molecule has 0 spiro atoms. The predicted octanol–water partition coefficient (Wildman–Crippen LogP) is -0.117. The van der Waals surface area contributed by atoms with Crippen LogP contribution in [0.3, 0.4) is 0 Å². The van der Waals surface area contributed by atoms with Crippen LogP contribution in [0.2, 0.25) is 0 Å². The minimum Gasteiger partial charge on any atom is -0.870 e. The van der Waals surface area contributed by atoms with Crippen LogP contribution in [-0.2, 0) is 0 Å². The van der Waals surface area contributed by atoms with Gasteiger partial charge in [-0.15, -0.1) is 10.2 Å². The zero-order valence-corrected chi connectivity index (χ0v) is 6.85. The van der Waals surface area contributed by atoms with Gasteiger partial charge < -0.3 is 11.3 Å². The lowest BCUT2D eigenvalue weighted by molar-refractivity contribution is -0.266. The van der Waals surface area contributed by atoms with Crippen molar-refractivity contribution in [2.45, 2.75) is 6.92 Å². The molecule has 0 saturated carbocycles. The van der Waals surface area contributed by atoms with Crippen LogP contribution in [0.1, 0.15) is 5.69 Å². The normalized spacial score (nSPS) is 9.75. The average molecular weight is 167 g/mol. The van der Waals surface area contributed by atoms with Gasteiger partial charge in [-0.25, -0.2) is 4.52 Å². The third-order valence-corrected chi connectivity index (χ3v) is 1.36. The Kier molecular flexibility index (Phi) is 1.92. The minimum atomic E-state index is -0.144. The first-order valence-corrected chi connectivity index (χ1v) is 3.12. The van der Waals surface area contributed by atoms with Crippen molar-refractivity contribution in [1.82, 2.24) is 26.0 Å². The van der Waals surface area contributed by atoms with Gasteiger partial charge in [0.15, 0.2) is 5.65 Å². The fraction of sp³-hybridized carbons (Fsp3) is 0.167. The van der Waals surface area contributed by atoms with Gasteiger partial charge in [-0.05, 0) is 13.0 Å². The monoisotopic (exact) mass is 167 g/mol. The molecule has 12 heavy (non-hydrogen) atoms. The molecule has 0 aliphatic carbocycles. The van der Waals surface area contributed by atoms with Crippen LogP contribution in [0.15, 0.2) is 12.4 Å². The van der Waals surface area contributed by atoms with E-state index in [1.165, 1.54) is 16.9 Å². The molecule has 0 bridgehead atoms. The SMILES string of the molecule is Cc1cc([O-])c2nncn2n1.[NH4+]. The first kappa shape index (κ1) is 8.41. The summed E-state index contributed by atoms with van der Waals surface area (Å²) < 4.78 is 1.37. The number of quaternary nitrogens is 1. The second-order valence-corrected chi connectivity index (χ2v) is 2.25. The maximum absolute atomic E-state index is 11.1. The third-order valence-electron chi connectivity index (χ3n) is 1.36. The van der Waals surface area contributed by atoms with Crippen LogP contribution in [0, 0.1) is 6.92 Å². The zero-order chi connectivity index (χ0) is 7.84. The van der Waals surface area contributed by atoms with Crippen LogP contribution in [0.25, 0.3) is 5.65 Å². The lowest BCUT2D eigenvalue weighted by atomic mass is 10.4. The summed E-state index contributed by atoms with van der Waals surface area (Å²) in [5.74, 6) is -0.144. The number of rotatable bonds is 0. The summed E-state index contributed by atoms with van der Waals surface area (Å²) in [6.45, 7) is 1.75. The van der Waals surface area contributed by atoms with E-state index in [0.29, 0.717) is 5.69 Å². The van der Waals surface area contributed by atoms with E-state index in [4.69, 9.17) is 0 Å². The molecule has 0 aliphatic heterocycles. The van der Waals surface area contributed by atoms with Gasteiger partial charge in [0.25, 0.3) is 0 Å². The topological polar surface area (TPSA) is 103 Å². The standard InChI is InChI=1S/C6H6N4O.H3N/c1-4-2-5(11)6-8-7-3-10(6)9-4;/h2-3,11H,1H3;1H3. The second kappa shape index (κ2) is 2.74. The number of nitrogens with zero attached hydrogens (tertiary/aromatic N) is 4. The van der Waals surface area contributed by atoms with E-state index in [-0.39, 0.29) is 17.5 Å². The largest absolute Gasteiger partial charge is 0.870 e. The molecule has 2 heterocycles. The van der Waals surface area contributed by atoms with Crippen molar-refractivity contribution in [3.8, 4) is 5.75 Å². The Labute approximate surface area is 68.4 Å². The van der Waals surface area contributed by atoms with Gasteiger partial charge in [0.05, 0.1) is 5.69 Å². The van der Waals surface area contributed by atoms with Gasteiger partial charge in [0.2, 0.25) is 0 Å². The van der Waals surface area contributed by atoms with Gasteiger partial charge in [-0.2, -0.15) is 5.10 Å². The summed E-state index contributed by atoms with van der Waals surface area (Å²) >= 11 is 0. The maximum atomic E-state index is 11.1. The quantitative estimate of drug-likeness (QED) is 0.590. The molecule has 0 aromatic carbocycles. The summed E-state index contributed by atoms with van der Waals surface area (Å²) in [7, 11) is 0. The van der Waals surface area contributed by atoms with Crippen LogP contribution in [0.5, 0.6) is 5.75 Å². The van der Waals surface area contributed by atoms with E-state index in [1.54, 1.807) is 6.92 Å². The molecule has 64 valence electrons. The van der Waals surface area contributed by atoms with Gasteiger partial charge in [0.1, 0.15) is 6.33 Å². The van der Waals surface area contributed by atoms with E-state index in [1.807, 2.05) is 0 Å². The Morgan fingerprint density at radius 1 is 1.50 bits per heavy atom. The lowest BCUT2D eigenvalue weighted by Gasteiger charge is -2.05. The first-order valence-electron chi connectivity index (χ1n) is 3.12. The molecule has 2 rings (SSSR count). The summed E-state index contributed by atoms with van der Waals surface area (Å²) in [5.41, 5.74) is 0.943. The Bertz CT molecular complexity index is 396. The summed E-state index contributed by atoms with van der Waals surface area (Å²) in [6, 6.07) is 1.43. The van der Waals surface area contributed by atoms with E-state index < -0.39 is 0 Å². The highest BCUT2D eigenvalue weighted by atomic mass is 16.3. The molecule has 4 N–H and O–H groups in total. The highest BCUT2D eigenvalue weighted by molar-refractivity contribution is 5.49. The number of aromatic nitrogens is 4. The van der Waals surface area contributed by atoms with E-state index >= 15 is 0 Å². The molecule has 0 unspecified atom stereocenters. The van der Waals surface area contributed by atoms with Crippen LogP contribution in [0.4, 0.5) is 0 Å². The maximum Gasteiger partial charge on any atom is 0.169 e. The smallest absolute Gasteiger partial charge is 0.169 e. The number of hydrogen-bond acceptors (Lipinski definition) is 4. The highest BCUT2D eigenvalue weighted by Gasteiger charge is 1.96. The second-order valence-electron chi connectivity index (χ2n) is 2.25. The first-order chi connectivity index (χ1) is 5.27. The Morgan fingerprint density at radius 3 is 3.00 bits per heavy atom. The third kappa shape index (κ3) is 1.08. The van der Waals surface area contributed by atoms with Crippen LogP contribution < -0.4 is 11.3 Å². The van der Waals surface area contributed by atoms with Crippen molar-refractivity contribution < 1.29 is 5.11 Å². The average Bonchev–Trinajstić information content (AvgIpc) is 2.34. The fourth-order valence-electron chi connectivity index (χ4n) is 0.918. The summed E-state index contributed by atoms with van der Waals surface area (Å²) in [5, 5.41) is 22.2. The lowest BCUT2D eigenvalue weighted by Crippen LogP contribution is -1.99. The minimum absolute atomic E-state index is 0. The predicted molar refractivity (Wildman–Crippen MR) is 40.9 cm³/mol. The molecule has 2 aromatic rings.